The summed E-state index contributed by atoms with van der Waals surface area (Å²) in [5.41, 5.74) is 5.18. The molecular formula is C19H18N4O2. The minimum Gasteiger partial charge on any atom is -0.497 e. The van der Waals surface area contributed by atoms with Crippen LogP contribution in [0.5, 0.6) is 11.5 Å². The van der Waals surface area contributed by atoms with Gasteiger partial charge in [0.1, 0.15) is 11.5 Å². The van der Waals surface area contributed by atoms with Crippen LogP contribution in [0, 0.1) is 0 Å². The number of rotatable bonds is 5. The molecule has 0 radical (unpaired) electrons. The lowest BCUT2D eigenvalue weighted by Crippen LogP contribution is -2.07. The van der Waals surface area contributed by atoms with Crippen LogP contribution in [0.2, 0.25) is 0 Å². The van der Waals surface area contributed by atoms with Gasteiger partial charge in [0.25, 0.3) is 0 Å². The second kappa shape index (κ2) is 6.39. The van der Waals surface area contributed by atoms with E-state index in [2.05, 4.69) is 32.5 Å². The Kier molecular flexibility index (Phi) is 3.93. The Labute approximate surface area is 145 Å². The number of aromatic nitrogens is 2. The van der Waals surface area contributed by atoms with Gasteiger partial charge >= 0.3 is 0 Å². The topological polar surface area (TPSA) is 71.9 Å². The standard InChI is InChI=1S/C19H18N4O2/c1-24-16-7-13(8-17(10-16)25-2)19-9-15(21-23-19)6-12-3-4-18-14(5-12)11-20-22-18/h3-5,7-8,10-11H,6,9H2,1-2H3,(H,20,22). The second-order valence-electron chi connectivity index (χ2n) is 5.96. The number of nitrogens with one attached hydrogen (secondary N) is 1. The third-order valence-electron chi connectivity index (χ3n) is 4.28. The van der Waals surface area contributed by atoms with Crippen molar-refractivity contribution in [3.05, 3.63) is 53.7 Å². The number of hydrogen-bond acceptors (Lipinski definition) is 5. The van der Waals surface area contributed by atoms with Crippen molar-refractivity contribution in [2.24, 2.45) is 10.2 Å². The molecule has 0 bridgehead atoms. The molecule has 2 heterocycles. The Morgan fingerprint density at radius 2 is 1.80 bits per heavy atom. The molecular weight excluding hydrogens is 316 g/mol. The molecule has 6 heteroatoms. The molecule has 2 aromatic carbocycles. The fourth-order valence-electron chi connectivity index (χ4n) is 2.96. The van der Waals surface area contributed by atoms with Crippen molar-refractivity contribution < 1.29 is 9.47 Å². The lowest BCUT2D eigenvalue weighted by atomic mass is 10.00. The number of methoxy groups -OCH3 is 2. The normalized spacial score (nSPS) is 13.7. The number of aromatic amines is 1. The van der Waals surface area contributed by atoms with Gasteiger partial charge in [-0.05, 0) is 29.8 Å². The predicted octanol–water partition coefficient (Wildman–Crippen LogP) is 3.37. The second-order valence-corrected chi connectivity index (χ2v) is 5.96. The monoisotopic (exact) mass is 334 g/mol. The van der Waals surface area contributed by atoms with E-state index in [1.165, 1.54) is 5.56 Å². The Morgan fingerprint density at radius 1 is 1.00 bits per heavy atom. The van der Waals surface area contributed by atoms with Gasteiger partial charge in [0.15, 0.2) is 0 Å². The molecule has 6 nitrogen and oxygen atoms in total. The third kappa shape index (κ3) is 3.10. The van der Waals surface area contributed by atoms with Gasteiger partial charge in [-0.2, -0.15) is 15.3 Å². The summed E-state index contributed by atoms with van der Waals surface area (Å²) in [4.78, 5) is 0. The van der Waals surface area contributed by atoms with E-state index in [4.69, 9.17) is 9.47 Å². The van der Waals surface area contributed by atoms with E-state index in [-0.39, 0.29) is 0 Å². The summed E-state index contributed by atoms with van der Waals surface area (Å²) < 4.78 is 10.7. The number of nitrogens with zero attached hydrogens (tertiary/aromatic N) is 3. The van der Waals surface area contributed by atoms with Crippen molar-refractivity contribution in [1.82, 2.24) is 10.2 Å². The summed E-state index contributed by atoms with van der Waals surface area (Å²) in [5, 5.41) is 16.9. The molecule has 0 saturated heterocycles. The first-order chi connectivity index (χ1) is 12.2. The number of fused-ring (bicyclic) bond motifs is 1. The van der Waals surface area contributed by atoms with Crippen LogP contribution >= 0.6 is 0 Å². The number of ether oxygens (including phenoxy) is 2. The minimum absolute atomic E-state index is 0.722. The highest BCUT2D eigenvalue weighted by Gasteiger charge is 2.17. The van der Waals surface area contributed by atoms with E-state index in [0.717, 1.165) is 52.2 Å². The Balaban J connectivity index is 1.50. The van der Waals surface area contributed by atoms with Crippen molar-refractivity contribution in [3.63, 3.8) is 0 Å². The van der Waals surface area contributed by atoms with E-state index in [0.29, 0.717) is 0 Å². The molecule has 25 heavy (non-hydrogen) atoms. The maximum Gasteiger partial charge on any atom is 0.123 e. The van der Waals surface area contributed by atoms with E-state index >= 15 is 0 Å². The first-order valence-electron chi connectivity index (χ1n) is 8.03. The average Bonchev–Trinajstić information content (AvgIpc) is 3.30. The van der Waals surface area contributed by atoms with Crippen LogP contribution in [0.1, 0.15) is 17.5 Å². The zero-order chi connectivity index (χ0) is 17.2. The fraction of sp³-hybridized carbons (Fsp3) is 0.211. The van der Waals surface area contributed by atoms with Gasteiger partial charge in [-0.15, -0.1) is 0 Å². The fourth-order valence-corrected chi connectivity index (χ4v) is 2.96. The molecule has 0 amide bonds. The zero-order valence-corrected chi connectivity index (χ0v) is 14.1. The summed E-state index contributed by atoms with van der Waals surface area (Å²) in [6.07, 6.45) is 3.33. The van der Waals surface area contributed by atoms with Gasteiger partial charge in [0.05, 0.1) is 37.4 Å². The Bertz CT molecular complexity index is 966. The molecule has 0 aliphatic carbocycles. The molecule has 0 spiro atoms. The molecule has 0 fully saturated rings. The highest BCUT2D eigenvalue weighted by atomic mass is 16.5. The van der Waals surface area contributed by atoms with Gasteiger partial charge < -0.3 is 9.47 Å². The van der Waals surface area contributed by atoms with Gasteiger partial charge in [0, 0.05) is 29.9 Å². The molecule has 0 saturated carbocycles. The molecule has 0 atom stereocenters. The molecule has 3 aromatic rings. The van der Waals surface area contributed by atoms with Crippen LogP contribution in [-0.2, 0) is 6.42 Å². The first-order valence-corrected chi connectivity index (χ1v) is 8.03. The summed E-state index contributed by atoms with van der Waals surface area (Å²) >= 11 is 0. The summed E-state index contributed by atoms with van der Waals surface area (Å²) in [7, 11) is 3.28. The van der Waals surface area contributed by atoms with Gasteiger partial charge in [-0.25, -0.2) is 0 Å². The maximum absolute atomic E-state index is 5.33. The smallest absolute Gasteiger partial charge is 0.123 e. The highest BCUT2D eigenvalue weighted by molar-refractivity contribution is 6.15. The lowest BCUT2D eigenvalue weighted by molar-refractivity contribution is 0.394. The third-order valence-corrected chi connectivity index (χ3v) is 4.28. The van der Waals surface area contributed by atoms with Gasteiger partial charge in [-0.3, -0.25) is 5.10 Å². The van der Waals surface area contributed by atoms with E-state index < -0.39 is 0 Å². The molecule has 1 aromatic heterocycles. The van der Waals surface area contributed by atoms with Crippen LogP contribution in [0.4, 0.5) is 0 Å². The Morgan fingerprint density at radius 3 is 2.56 bits per heavy atom. The van der Waals surface area contributed by atoms with E-state index in [1.807, 2.05) is 30.5 Å². The van der Waals surface area contributed by atoms with Crippen molar-refractivity contribution in [1.29, 1.82) is 0 Å². The number of hydrogen-bond donors (Lipinski definition) is 1. The van der Waals surface area contributed by atoms with Gasteiger partial charge in [-0.1, -0.05) is 6.07 Å². The van der Waals surface area contributed by atoms with Crippen LogP contribution in [0.15, 0.2) is 52.8 Å². The Hall–Kier alpha value is -3.15. The molecule has 1 N–H and O–H groups in total. The van der Waals surface area contributed by atoms with Crippen LogP contribution in [-0.4, -0.2) is 35.8 Å². The number of benzene rings is 2. The van der Waals surface area contributed by atoms with Crippen molar-refractivity contribution in [3.8, 4) is 11.5 Å². The summed E-state index contributed by atoms with van der Waals surface area (Å²) in [5.74, 6) is 1.49. The van der Waals surface area contributed by atoms with E-state index in [9.17, 15) is 0 Å². The van der Waals surface area contributed by atoms with Crippen molar-refractivity contribution >= 4 is 22.3 Å². The predicted molar refractivity (Wildman–Crippen MR) is 97.9 cm³/mol. The first kappa shape index (κ1) is 15.4. The molecule has 126 valence electrons. The van der Waals surface area contributed by atoms with E-state index in [1.54, 1.807) is 14.2 Å². The highest BCUT2D eigenvalue weighted by Crippen LogP contribution is 2.25. The average molecular weight is 334 g/mol. The van der Waals surface area contributed by atoms with Crippen molar-refractivity contribution in [2.75, 3.05) is 14.2 Å². The molecule has 1 aliphatic heterocycles. The summed E-state index contributed by atoms with van der Waals surface area (Å²) in [6.45, 7) is 0. The van der Waals surface area contributed by atoms with Crippen LogP contribution in [0.3, 0.4) is 0 Å². The summed E-state index contributed by atoms with van der Waals surface area (Å²) in [6, 6.07) is 12.0. The van der Waals surface area contributed by atoms with Crippen molar-refractivity contribution in [2.45, 2.75) is 12.8 Å². The van der Waals surface area contributed by atoms with Crippen LogP contribution < -0.4 is 9.47 Å². The largest absolute Gasteiger partial charge is 0.497 e. The zero-order valence-electron chi connectivity index (χ0n) is 14.1. The minimum atomic E-state index is 0.722. The molecule has 4 rings (SSSR count). The maximum atomic E-state index is 5.33. The quantitative estimate of drug-likeness (QED) is 0.777. The number of H-pyrrole nitrogens is 1. The van der Waals surface area contributed by atoms with Gasteiger partial charge in [0.2, 0.25) is 0 Å². The molecule has 1 aliphatic rings. The van der Waals surface area contributed by atoms with Crippen LogP contribution in [0.25, 0.3) is 10.9 Å². The molecule has 0 unspecified atom stereocenters. The SMILES string of the molecule is COc1cc(OC)cc(C2=NN=C(Cc3ccc4[nH]ncc4c3)C2)c1. The lowest BCUT2D eigenvalue weighted by Gasteiger charge is -2.08.